The first kappa shape index (κ1) is 10.1. The molecule has 0 bridgehead atoms. The second-order valence-electron chi connectivity index (χ2n) is 2.15. The second-order valence-corrected chi connectivity index (χ2v) is 8.75. The molecule has 0 aliphatic carbocycles. The van der Waals surface area contributed by atoms with Crippen LogP contribution in [0.2, 0.25) is 0 Å². The van der Waals surface area contributed by atoms with Crippen molar-refractivity contribution in [1.82, 2.24) is 0 Å². The Morgan fingerprint density at radius 2 is 1.00 bits per heavy atom. The van der Waals surface area contributed by atoms with E-state index in [1.807, 2.05) is 0 Å². The molecule has 0 saturated heterocycles. The molecule has 0 rings (SSSR count). The van der Waals surface area contributed by atoms with Crippen LogP contribution in [0.25, 0.3) is 0 Å². The molecular weight excluding hydrogens is 223 g/mol. The predicted molar refractivity (Wildman–Crippen MR) is 50.2 cm³/mol. The van der Waals surface area contributed by atoms with Gasteiger partial charge >= 0.3 is 71.9 Å². The van der Waals surface area contributed by atoms with Gasteiger partial charge in [-0.15, -0.1) is 0 Å². The van der Waals surface area contributed by atoms with Crippen molar-refractivity contribution < 1.29 is 0 Å². The summed E-state index contributed by atoms with van der Waals surface area (Å²) in [5.74, 6) is 0. The van der Waals surface area contributed by atoms with Gasteiger partial charge in [-0.25, -0.2) is 0 Å². The van der Waals surface area contributed by atoms with Crippen LogP contribution < -0.4 is 0 Å². The molecular formula is C9H15In. The third-order valence-electron chi connectivity index (χ3n) is 1.24. The van der Waals surface area contributed by atoms with E-state index < -0.39 is 21.4 Å². The van der Waals surface area contributed by atoms with Gasteiger partial charge in [0.15, 0.2) is 0 Å². The van der Waals surface area contributed by atoms with Crippen molar-refractivity contribution in [3.63, 3.8) is 0 Å². The quantitative estimate of drug-likeness (QED) is 0.709. The molecule has 0 atom stereocenters. The molecule has 0 radical (unpaired) electrons. The molecule has 0 amide bonds. The Morgan fingerprint density at radius 1 is 0.700 bits per heavy atom. The molecule has 0 unspecified atom stereocenters. The Hall–Kier alpha value is 0.0901. The Bertz CT molecular complexity index is 114. The van der Waals surface area contributed by atoms with Crippen LogP contribution in [0.4, 0.5) is 0 Å². The third-order valence-corrected chi connectivity index (χ3v) is 8.35. The number of hydrogen-bond donors (Lipinski definition) is 0. The molecule has 0 heterocycles. The summed E-state index contributed by atoms with van der Waals surface area (Å²) in [6, 6.07) is 0. The van der Waals surface area contributed by atoms with Crippen LogP contribution in [0.5, 0.6) is 0 Å². The van der Waals surface area contributed by atoms with Crippen molar-refractivity contribution in [1.29, 1.82) is 0 Å². The molecule has 0 N–H and O–H groups in total. The Morgan fingerprint density at radius 3 is 1.20 bits per heavy atom. The summed E-state index contributed by atoms with van der Waals surface area (Å²) in [7, 11) is 0. The van der Waals surface area contributed by atoms with Crippen molar-refractivity contribution in [2.75, 3.05) is 0 Å². The van der Waals surface area contributed by atoms with E-state index in [0.717, 1.165) is 0 Å². The van der Waals surface area contributed by atoms with Crippen molar-refractivity contribution in [2.24, 2.45) is 0 Å². The van der Waals surface area contributed by atoms with E-state index in [9.17, 15) is 0 Å². The van der Waals surface area contributed by atoms with E-state index in [1.54, 1.807) is 0 Å². The minimum absolute atomic E-state index is 1.42. The van der Waals surface area contributed by atoms with Gasteiger partial charge in [0, 0.05) is 0 Å². The molecule has 0 fully saturated rings. The fourth-order valence-corrected chi connectivity index (χ4v) is 5.76. The average Bonchev–Trinajstić information content (AvgIpc) is 1.90. The number of hydrogen-bond acceptors (Lipinski definition) is 0. The molecule has 1 heteroatoms. The molecule has 0 aromatic rings. The first-order valence-corrected chi connectivity index (χ1v) is 9.44. The molecule has 0 aliphatic rings. The summed E-state index contributed by atoms with van der Waals surface area (Å²) >= 11 is -1.42. The van der Waals surface area contributed by atoms with Crippen molar-refractivity contribution in [3.05, 3.63) is 29.7 Å². The van der Waals surface area contributed by atoms with Crippen LogP contribution >= 0.6 is 0 Å². The fraction of sp³-hybridized carbons (Fsp3) is 0.333. The maximum absolute atomic E-state index is 2.38. The summed E-state index contributed by atoms with van der Waals surface area (Å²) in [6.45, 7) is 6.28. The summed E-state index contributed by atoms with van der Waals surface area (Å²) in [5.41, 5.74) is 0. The average molecular weight is 238 g/mol. The van der Waals surface area contributed by atoms with E-state index >= 15 is 0 Å². The molecule has 0 saturated carbocycles. The Balaban J connectivity index is 3.97. The Labute approximate surface area is 71.9 Å². The van der Waals surface area contributed by atoms with Crippen molar-refractivity contribution >= 4 is 21.4 Å². The molecule has 0 aromatic heterocycles. The second kappa shape index (κ2) is 7.20. The zero-order chi connectivity index (χ0) is 7.82. The third kappa shape index (κ3) is 4.92. The molecule has 10 heavy (non-hydrogen) atoms. The standard InChI is InChI=1S/3C3H5.In/c3*1-3-2;/h3*1,3H,2H3;. The van der Waals surface area contributed by atoms with Crippen molar-refractivity contribution in [3.8, 4) is 0 Å². The van der Waals surface area contributed by atoms with Gasteiger partial charge in [0.2, 0.25) is 0 Å². The van der Waals surface area contributed by atoms with Gasteiger partial charge in [0.05, 0.1) is 0 Å². The van der Waals surface area contributed by atoms with E-state index in [0.29, 0.717) is 0 Å². The minimum atomic E-state index is -1.42. The summed E-state index contributed by atoms with van der Waals surface area (Å²) < 4.78 is 7.13. The van der Waals surface area contributed by atoms with Gasteiger partial charge < -0.3 is 0 Å². The van der Waals surface area contributed by atoms with Crippen LogP contribution in [0.3, 0.4) is 0 Å². The first-order chi connectivity index (χ1) is 4.85. The summed E-state index contributed by atoms with van der Waals surface area (Å²) in [4.78, 5) is 0. The van der Waals surface area contributed by atoms with Gasteiger partial charge in [-0.2, -0.15) is 0 Å². The van der Waals surface area contributed by atoms with Gasteiger partial charge in [0.25, 0.3) is 0 Å². The topological polar surface area (TPSA) is 0 Å². The van der Waals surface area contributed by atoms with Gasteiger partial charge in [-0.05, 0) is 0 Å². The fourth-order valence-electron chi connectivity index (χ4n) is 0.859. The van der Waals surface area contributed by atoms with Crippen molar-refractivity contribution in [2.45, 2.75) is 20.8 Å². The molecule has 54 valence electrons. The van der Waals surface area contributed by atoms with E-state index in [4.69, 9.17) is 0 Å². The molecule has 0 aliphatic heterocycles. The number of rotatable bonds is 3. The van der Waals surface area contributed by atoms with E-state index in [-0.39, 0.29) is 0 Å². The van der Waals surface area contributed by atoms with E-state index in [1.165, 1.54) is 0 Å². The molecule has 0 aromatic carbocycles. The summed E-state index contributed by atoms with van der Waals surface area (Å²) in [6.07, 6.45) is 6.50. The predicted octanol–water partition coefficient (Wildman–Crippen LogP) is 2.83. The first-order valence-electron chi connectivity index (χ1n) is 3.73. The zero-order valence-electron chi connectivity index (χ0n) is 7.04. The summed E-state index contributed by atoms with van der Waals surface area (Å²) in [5, 5.41) is 0. The maximum atomic E-state index is 2.38. The van der Waals surface area contributed by atoms with Crippen LogP contribution in [-0.4, -0.2) is 21.4 Å². The van der Waals surface area contributed by atoms with Gasteiger partial charge in [-0.1, -0.05) is 0 Å². The molecule has 0 spiro atoms. The molecule has 0 nitrogen and oxygen atoms in total. The van der Waals surface area contributed by atoms with Crippen LogP contribution in [-0.2, 0) is 0 Å². The zero-order valence-corrected chi connectivity index (χ0v) is 10.3. The van der Waals surface area contributed by atoms with Crippen LogP contribution in [0.15, 0.2) is 29.7 Å². The van der Waals surface area contributed by atoms with Gasteiger partial charge in [0.1, 0.15) is 0 Å². The van der Waals surface area contributed by atoms with E-state index in [2.05, 4.69) is 50.5 Å². The van der Waals surface area contributed by atoms with Gasteiger partial charge in [-0.3, -0.25) is 0 Å². The Kier molecular flexibility index (Phi) is 7.27. The van der Waals surface area contributed by atoms with Crippen LogP contribution in [0.1, 0.15) is 20.8 Å². The SMILES string of the molecule is C/C=[CH]/[In](/[CH]=C/C)/[CH]=C/C. The van der Waals surface area contributed by atoms with Crippen LogP contribution in [0, 0.1) is 0 Å². The normalized spacial score (nSPS) is 12.3. The number of allylic oxidation sites excluding steroid dienone is 3. The monoisotopic (exact) mass is 238 g/mol.